The Morgan fingerprint density at radius 2 is 2.15 bits per heavy atom. The predicted molar refractivity (Wildman–Crippen MR) is 132 cm³/mol. The molecule has 3 heterocycles. The Bertz CT molecular complexity index is 1110. The summed E-state index contributed by atoms with van der Waals surface area (Å²) < 4.78 is 0. The lowest BCUT2D eigenvalue weighted by Gasteiger charge is -2.36. The third-order valence-corrected chi connectivity index (χ3v) is 6.90. The maximum absolute atomic E-state index is 13.1. The third kappa shape index (κ3) is 4.34. The minimum Gasteiger partial charge on any atom is -0.339 e. The van der Waals surface area contributed by atoms with E-state index in [1.807, 2.05) is 68.2 Å². The van der Waals surface area contributed by atoms with Crippen molar-refractivity contribution < 1.29 is 9.59 Å². The van der Waals surface area contributed by atoms with Crippen molar-refractivity contribution in [2.75, 3.05) is 18.4 Å². The number of rotatable bonds is 4. The normalized spacial score (nSPS) is 29.7. The van der Waals surface area contributed by atoms with Gasteiger partial charge in [0.05, 0.1) is 11.1 Å². The van der Waals surface area contributed by atoms with Gasteiger partial charge >= 0.3 is 0 Å². The molecule has 1 unspecified atom stereocenters. The van der Waals surface area contributed by atoms with E-state index in [1.165, 1.54) is 0 Å². The Balaban J connectivity index is 1.60. The van der Waals surface area contributed by atoms with Crippen LogP contribution in [0.2, 0.25) is 0 Å². The number of hydrogen-bond donors (Lipinski definition) is 1. The van der Waals surface area contributed by atoms with Crippen LogP contribution in [0.3, 0.4) is 0 Å². The number of aliphatic imine (C=N–C) groups is 1. The highest BCUT2D eigenvalue weighted by atomic mass is 16.2. The number of pyridine rings is 1. The number of hydrogen-bond acceptors (Lipinski definition) is 4. The summed E-state index contributed by atoms with van der Waals surface area (Å²) in [6, 6.07) is 3.86. The zero-order valence-electron chi connectivity index (χ0n) is 19.7. The van der Waals surface area contributed by atoms with Crippen molar-refractivity contribution in [3.8, 4) is 0 Å². The number of likely N-dealkylation sites (tertiary alicyclic amines) is 1. The second-order valence-electron chi connectivity index (χ2n) is 9.85. The van der Waals surface area contributed by atoms with Crippen LogP contribution in [-0.4, -0.2) is 41.5 Å². The van der Waals surface area contributed by atoms with Crippen molar-refractivity contribution in [3.63, 3.8) is 0 Å². The molecule has 0 radical (unpaired) electrons. The van der Waals surface area contributed by atoms with Gasteiger partial charge in [0.2, 0.25) is 11.8 Å². The van der Waals surface area contributed by atoms with Gasteiger partial charge in [-0.2, -0.15) is 0 Å². The molecule has 1 aliphatic carbocycles. The minimum absolute atomic E-state index is 0.0214. The van der Waals surface area contributed by atoms with Crippen LogP contribution >= 0.6 is 0 Å². The molecule has 172 valence electrons. The summed E-state index contributed by atoms with van der Waals surface area (Å²) in [5, 5.41) is 2.95. The predicted octanol–water partition coefficient (Wildman–Crippen LogP) is 4.73. The van der Waals surface area contributed by atoms with E-state index < -0.39 is 5.41 Å². The number of nitrogens with zero attached hydrogens (tertiary/aromatic N) is 3. The number of amides is 2. The molecule has 1 saturated heterocycles. The Morgan fingerprint density at radius 3 is 2.94 bits per heavy atom. The van der Waals surface area contributed by atoms with E-state index in [0.29, 0.717) is 25.2 Å². The minimum atomic E-state index is -0.683. The zero-order valence-corrected chi connectivity index (χ0v) is 19.7. The second-order valence-corrected chi connectivity index (χ2v) is 9.85. The molecule has 6 nitrogen and oxygen atoms in total. The number of aromatic nitrogens is 1. The molecule has 3 aliphatic rings. The quantitative estimate of drug-likeness (QED) is 0.683. The van der Waals surface area contributed by atoms with Gasteiger partial charge in [0.15, 0.2) is 0 Å². The molecule has 1 fully saturated rings. The van der Waals surface area contributed by atoms with E-state index in [1.54, 1.807) is 6.20 Å². The van der Waals surface area contributed by atoms with Gasteiger partial charge in [0, 0.05) is 30.3 Å². The first kappa shape index (κ1) is 22.9. The molecule has 1 atom stereocenters. The van der Waals surface area contributed by atoms with Gasteiger partial charge < -0.3 is 10.2 Å². The molecule has 1 N–H and O–H groups in total. The first-order valence-electron chi connectivity index (χ1n) is 11.5. The van der Waals surface area contributed by atoms with Crippen molar-refractivity contribution in [1.82, 2.24) is 9.88 Å². The molecule has 2 aliphatic heterocycles. The lowest BCUT2D eigenvalue weighted by molar-refractivity contribution is -0.143. The second kappa shape index (κ2) is 8.93. The molecular weight excluding hydrogens is 412 g/mol. The van der Waals surface area contributed by atoms with Gasteiger partial charge in [-0.1, -0.05) is 49.8 Å². The van der Waals surface area contributed by atoms with Crippen LogP contribution in [0.15, 0.2) is 70.5 Å². The SMILES string of the molecule is C=NC1=C(\C=C\CN2CCCC(C)(C)C2=O)/C=C/CC2(C\C(C)=C\1)C(=O)Nc1ncccc12. The first-order chi connectivity index (χ1) is 15.8. The van der Waals surface area contributed by atoms with E-state index in [0.717, 1.165) is 41.8 Å². The Morgan fingerprint density at radius 1 is 1.33 bits per heavy atom. The summed E-state index contributed by atoms with van der Waals surface area (Å²) in [7, 11) is 0. The molecule has 1 aromatic heterocycles. The van der Waals surface area contributed by atoms with Crippen molar-refractivity contribution in [1.29, 1.82) is 0 Å². The Labute approximate surface area is 195 Å². The smallest absolute Gasteiger partial charge is 0.236 e. The largest absolute Gasteiger partial charge is 0.339 e. The third-order valence-electron chi connectivity index (χ3n) is 6.90. The van der Waals surface area contributed by atoms with Crippen LogP contribution in [0.5, 0.6) is 0 Å². The van der Waals surface area contributed by atoms with Gasteiger partial charge in [-0.3, -0.25) is 14.6 Å². The monoisotopic (exact) mass is 444 g/mol. The van der Waals surface area contributed by atoms with Crippen molar-refractivity contribution >= 4 is 24.3 Å². The Kier molecular flexibility index (Phi) is 6.19. The average Bonchev–Trinajstić information content (AvgIpc) is 3.08. The van der Waals surface area contributed by atoms with Crippen molar-refractivity contribution in [2.45, 2.75) is 51.9 Å². The number of fused-ring (bicyclic) bond motifs is 2. The van der Waals surface area contributed by atoms with Gasteiger partial charge in [0.25, 0.3) is 0 Å². The van der Waals surface area contributed by atoms with E-state index >= 15 is 0 Å². The molecular formula is C27H32N4O2. The molecule has 0 bridgehead atoms. The fourth-order valence-electron chi connectivity index (χ4n) is 5.11. The van der Waals surface area contributed by atoms with E-state index in [2.05, 4.69) is 22.0 Å². The summed E-state index contributed by atoms with van der Waals surface area (Å²) in [6.45, 7) is 11.2. The molecule has 4 rings (SSSR count). The molecule has 33 heavy (non-hydrogen) atoms. The highest BCUT2D eigenvalue weighted by Crippen LogP contribution is 2.44. The van der Waals surface area contributed by atoms with Gasteiger partial charge in [-0.05, 0) is 57.0 Å². The maximum Gasteiger partial charge on any atom is 0.236 e. The first-order valence-corrected chi connectivity index (χ1v) is 11.5. The molecule has 0 aromatic carbocycles. The van der Waals surface area contributed by atoms with Crippen LogP contribution in [0.4, 0.5) is 5.82 Å². The molecule has 0 saturated carbocycles. The van der Waals surface area contributed by atoms with Crippen LogP contribution in [0, 0.1) is 5.41 Å². The van der Waals surface area contributed by atoms with Crippen LogP contribution in [0.1, 0.15) is 52.0 Å². The highest BCUT2D eigenvalue weighted by molar-refractivity contribution is 6.05. The van der Waals surface area contributed by atoms with Crippen LogP contribution < -0.4 is 5.32 Å². The maximum atomic E-state index is 13.1. The standard InChI is InChI=1S/C27H32N4O2/c1-19-17-22(28-4)20(10-7-15-31-16-8-12-26(2,3)25(31)33)9-5-13-27(18-19)21-11-6-14-29-23(21)30-24(27)32/h5-7,9-11,14,17H,4,8,12-13,15-16,18H2,1-3H3,(H,29,30,32)/b9-5+,10-7+,19-17+,22-20-. The fraction of sp³-hybridized carbons (Fsp3) is 0.407. The van der Waals surface area contributed by atoms with Crippen LogP contribution in [-0.2, 0) is 15.0 Å². The number of allylic oxidation sites excluding steroid dienone is 6. The molecule has 1 aromatic rings. The van der Waals surface area contributed by atoms with E-state index in [-0.39, 0.29) is 17.2 Å². The number of piperidine rings is 1. The lowest BCUT2D eigenvalue weighted by atomic mass is 9.74. The van der Waals surface area contributed by atoms with Gasteiger partial charge in [-0.25, -0.2) is 4.98 Å². The van der Waals surface area contributed by atoms with Crippen LogP contribution in [0.25, 0.3) is 0 Å². The van der Waals surface area contributed by atoms with Gasteiger partial charge in [0.1, 0.15) is 5.82 Å². The summed E-state index contributed by atoms with van der Waals surface area (Å²) in [4.78, 5) is 36.3. The van der Waals surface area contributed by atoms with E-state index in [4.69, 9.17) is 0 Å². The van der Waals surface area contributed by atoms with E-state index in [9.17, 15) is 9.59 Å². The number of carbonyl (C=O) groups is 2. The highest BCUT2D eigenvalue weighted by Gasteiger charge is 2.46. The topological polar surface area (TPSA) is 74.7 Å². The summed E-state index contributed by atoms with van der Waals surface area (Å²) >= 11 is 0. The molecule has 2 amide bonds. The fourth-order valence-corrected chi connectivity index (χ4v) is 5.11. The van der Waals surface area contributed by atoms with Crippen molar-refractivity contribution in [2.24, 2.45) is 10.4 Å². The summed E-state index contributed by atoms with van der Waals surface area (Å²) in [5.41, 5.74) is 2.68. The summed E-state index contributed by atoms with van der Waals surface area (Å²) in [5.74, 6) is 0.829. The lowest BCUT2D eigenvalue weighted by Crippen LogP contribution is -2.45. The van der Waals surface area contributed by atoms with Gasteiger partial charge in [-0.15, -0.1) is 0 Å². The van der Waals surface area contributed by atoms with Crippen molar-refractivity contribution in [3.05, 3.63) is 71.1 Å². The average molecular weight is 445 g/mol. The molecule has 6 heteroatoms. The zero-order chi connectivity index (χ0) is 23.6. The number of carbonyl (C=O) groups excluding carboxylic acids is 2. The molecule has 1 spiro atoms. The Hall–Kier alpha value is -3.28. The number of anilines is 1. The summed E-state index contributed by atoms with van der Waals surface area (Å²) in [6.07, 6.45) is 14.8. The number of nitrogens with one attached hydrogen (secondary N) is 1.